The third-order valence-electron chi connectivity index (χ3n) is 2.02. The lowest BCUT2D eigenvalue weighted by Gasteiger charge is -2.09. The van der Waals surface area contributed by atoms with Crippen LogP contribution in [0.15, 0.2) is 4.52 Å². The summed E-state index contributed by atoms with van der Waals surface area (Å²) in [5.74, 6) is 1.20. The minimum atomic E-state index is 0.320. The van der Waals surface area contributed by atoms with Crippen LogP contribution in [0.5, 0.6) is 0 Å². The summed E-state index contributed by atoms with van der Waals surface area (Å²) in [6.45, 7) is 2.38. The van der Waals surface area contributed by atoms with Crippen molar-refractivity contribution in [3.63, 3.8) is 0 Å². The van der Waals surface area contributed by atoms with E-state index in [-0.39, 0.29) is 0 Å². The predicted molar refractivity (Wildman–Crippen MR) is 43.6 cm³/mol. The highest BCUT2D eigenvalue weighted by Crippen LogP contribution is 2.15. The first-order chi connectivity index (χ1) is 5.90. The van der Waals surface area contributed by atoms with Crippen LogP contribution < -0.4 is 10.6 Å². The molecule has 0 bridgehead atoms. The van der Waals surface area contributed by atoms with Crippen LogP contribution >= 0.6 is 0 Å². The molecule has 0 aliphatic carbocycles. The van der Waals surface area contributed by atoms with E-state index in [2.05, 4.69) is 15.0 Å². The number of nitrogens with zero attached hydrogens (tertiary/aromatic N) is 3. The van der Waals surface area contributed by atoms with Crippen LogP contribution in [0, 0.1) is 0 Å². The quantitative estimate of drug-likeness (QED) is 0.679. The minimum absolute atomic E-state index is 0.320. The van der Waals surface area contributed by atoms with E-state index in [0.29, 0.717) is 18.4 Å². The van der Waals surface area contributed by atoms with Crippen molar-refractivity contribution in [2.45, 2.75) is 19.4 Å². The number of hydrogen-bond donors (Lipinski definition) is 1. The third kappa shape index (κ3) is 1.27. The van der Waals surface area contributed by atoms with Gasteiger partial charge in [0, 0.05) is 13.1 Å². The molecular formula is C7H12N4O. The van der Waals surface area contributed by atoms with Gasteiger partial charge in [0.1, 0.15) is 0 Å². The summed E-state index contributed by atoms with van der Waals surface area (Å²) >= 11 is 0. The van der Waals surface area contributed by atoms with Crippen LogP contribution in [0.1, 0.15) is 18.7 Å². The molecule has 0 atom stereocenters. The summed E-state index contributed by atoms with van der Waals surface area (Å²) in [4.78, 5) is 6.25. The standard InChI is InChI=1S/C7H12N4O/c8-5-6-9-7(10-12-6)11-3-1-2-4-11/h1-5,8H2. The number of anilines is 1. The van der Waals surface area contributed by atoms with E-state index in [9.17, 15) is 0 Å². The maximum absolute atomic E-state index is 5.35. The second-order valence-electron chi connectivity index (χ2n) is 2.89. The molecule has 5 nitrogen and oxygen atoms in total. The zero-order valence-corrected chi connectivity index (χ0v) is 6.86. The van der Waals surface area contributed by atoms with Crippen LogP contribution in [0.2, 0.25) is 0 Å². The molecule has 0 saturated carbocycles. The van der Waals surface area contributed by atoms with Crippen LogP contribution in [-0.4, -0.2) is 23.2 Å². The zero-order valence-electron chi connectivity index (χ0n) is 6.86. The molecule has 2 N–H and O–H groups in total. The van der Waals surface area contributed by atoms with Gasteiger partial charge in [-0.15, -0.1) is 0 Å². The van der Waals surface area contributed by atoms with Crippen LogP contribution in [0.25, 0.3) is 0 Å². The van der Waals surface area contributed by atoms with Crippen molar-refractivity contribution < 1.29 is 4.52 Å². The molecule has 1 aliphatic heterocycles. The van der Waals surface area contributed by atoms with E-state index in [4.69, 9.17) is 10.3 Å². The molecular weight excluding hydrogens is 156 g/mol. The fourth-order valence-electron chi connectivity index (χ4n) is 1.37. The molecule has 0 radical (unpaired) electrons. The Morgan fingerprint density at radius 3 is 2.75 bits per heavy atom. The van der Waals surface area contributed by atoms with Gasteiger partial charge in [-0.1, -0.05) is 0 Å². The molecule has 0 amide bonds. The monoisotopic (exact) mass is 168 g/mol. The highest BCUT2D eigenvalue weighted by Gasteiger charge is 2.17. The first-order valence-electron chi connectivity index (χ1n) is 4.18. The molecule has 1 aromatic rings. The molecule has 1 saturated heterocycles. The maximum atomic E-state index is 5.35. The van der Waals surface area contributed by atoms with Gasteiger partial charge in [-0.05, 0) is 18.0 Å². The number of aromatic nitrogens is 2. The lowest BCUT2D eigenvalue weighted by atomic mass is 10.4. The summed E-state index contributed by atoms with van der Waals surface area (Å²) in [7, 11) is 0. The Labute approximate surface area is 70.5 Å². The van der Waals surface area contributed by atoms with Crippen molar-refractivity contribution in [2.75, 3.05) is 18.0 Å². The Bertz CT molecular complexity index is 254. The molecule has 5 heteroatoms. The van der Waals surface area contributed by atoms with Gasteiger partial charge in [-0.25, -0.2) is 0 Å². The van der Waals surface area contributed by atoms with Gasteiger partial charge in [0.2, 0.25) is 5.89 Å². The zero-order chi connectivity index (χ0) is 8.39. The van der Waals surface area contributed by atoms with E-state index < -0.39 is 0 Å². The van der Waals surface area contributed by atoms with Crippen LogP contribution in [0.4, 0.5) is 5.95 Å². The van der Waals surface area contributed by atoms with Gasteiger partial charge >= 0.3 is 0 Å². The first kappa shape index (κ1) is 7.54. The first-order valence-corrected chi connectivity index (χ1v) is 4.18. The van der Waals surface area contributed by atoms with E-state index in [1.165, 1.54) is 12.8 Å². The molecule has 0 aromatic carbocycles. The predicted octanol–water partition coefficient (Wildman–Crippen LogP) is 0.128. The van der Waals surface area contributed by atoms with E-state index in [1.54, 1.807) is 0 Å². The summed E-state index contributed by atoms with van der Waals surface area (Å²) in [6, 6.07) is 0. The minimum Gasteiger partial charge on any atom is -0.338 e. The Hall–Kier alpha value is -1.10. The normalized spacial score (nSPS) is 17.2. The fraction of sp³-hybridized carbons (Fsp3) is 0.714. The molecule has 66 valence electrons. The number of rotatable bonds is 2. The van der Waals surface area contributed by atoms with Crippen LogP contribution in [0.3, 0.4) is 0 Å². The van der Waals surface area contributed by atoms with Crippen molar-refractivity contribution in [3.05, 3.63) is 5.89 Å². The smallest absolute Gasteiger partial charge is 0.266 e. The molecule has 12 heavy (non-hydrogen) atoms. The molecule has 1 fully saturated rings. The van der Waals surface area contributed by atoms with Crippen molar-refractivity contribution in [1.29, 1.82) is 0 Å². The van der Waals surface area contributed by atoms with Gasteiger partial charge < -0.3 is 15.2 Å². The topological polar surface area (TPSA) is 68.2 Å². The van der Waals surface area contributed by atoms with Crippen molar-refractivity contribution in [3.8, 4) is 0 Å². The maximum Gasteiger partial charge on any atom is 0.266 e. The lowest BCUT2D eigenvalue weighted by Crippen LogP contribution is -2.18. The molecule has 2 rings (SSSR count). The largest absolute Gasteiger partial charge is 0.338 e. The van der Waals surface area contributed by atoms with Gasteiger partial charge in [-0.2, -0.15) is 4.98 Å². The Morgan fingerprint density at radius 2 is 2.17 bits per heavy atom. The average Bonchev–Trinajstić information content (AvgIpc) is 2.75. The van der Waals surface area contributed by atoms with Crippen molar-refractivity contribution in [2.24, 2.45) is 5.73 Å². The lowest BCUT2D eigenvalue weighted by molar-refractivity contribution is 0.379. The number of hydrogen-bond acceptors (Lipinski definition) is 5. The molecule has 0 unspecified atom stereocenters. The fourth-order valence-corrected chi connectivity index (χ4v) is 1.37. The van der Waals surface area contributed by atoms with E-state index >= 15 is 0 Å². The summed E-state index contributed by atoms with van der Waals surface area (Å²) < 4.78 is 4.90. The van der Waals surface area contributed by atoms with E-state index in [1.807, 2.05) is 0 Å². The molecule has 2 heterocycles. The molecule has 0 spiro atoms. The Morgan fingerprint density at radius 1 is 1.42 bits per heavy atom. The highest BCUT2D eigenvalue weighted by molar-refractivity contribution is 5.28. The van der Waals surface area contributed by atoms with Crippen molar-refractivity contribution in [1.82, 2.24) is 10.1 Å². The van der Waals surface area contributed by atoms with Gasteiger partial charge in [0.15, 0.2) is 0 Å². The van der Waals surface area contributed by atoms with Crippen LogP contribution in [-0.2, 0) is 6.54 Å². The Balaban J connectivity index is 2.11. The second-order valence-corrected chi connectivity index (χ2v) is 2.89. The third-order valence-corrected chi connectivity index (χ3v) is 2.02. The summed E-state index contributed by atoms with van der Waals surface area (Å²) in [6.07, 6.45) is 2.43. The van der Waals surface area contributed by atoms with Crippen molar-refractivity contribution >= 4 is 5.95 Å². The van der Waals surface area contributed by atoms with Gasteiger partial charge in [0.25, 0.3) is 5.95 Å². The van der Waals surface area contributed by atoms with Gasteiger partial charge in [-0.3, -0.25) is 0 Å². The van der Waals surface area contributed by atoms with Gasteiger partial charge in [0.05, 0.1) is 6.54 Å². The summed E-state index contributed by atoms with van der Waals surface area (Å²) in [5, 5.41) is 3.83. The SMILES string of the molecule is NCc1nc(N2CCCC2)no1. The highest BCUT2D eigenvalue weighted by atomic mass is 16.5. The number of nitrogens with two attached hydrogens (primary N) is 1. The molecule has 1 aromatic heterocycles. The average molecular weight is 168 g/mol. The van der Waals surface area contributed by atoms with E-state index in [0.717, 1.165) is 13.1 Å². The molecule has 1 aliphatic rings. The Kier molecular flexibility index (Phi) is 1.95. The summed E-state index contributed by atoms with van der Waals surface area (Å²) in [5.41, 5.74) is 5.35. The second kappa shape index (κ2) is 3.10.